The number of anilines is 3. The Balaban J connectivity index is 1.85. The monoisotopic (exact) mass is 382 g/mol. The van der Waals surface area contributed by atoms with E-state index in [0.29, 0.717) is 28.1 Å². The minimum absolute atomic E-state index is 0.252. The number of amides is 1. The first-order chi connectivity index (χ1) is 13.0. The summed E-state index contributed by atoms with van der Waals surface area (Å²) in [5.74, 6) is 0.568. The Bertz CT molecular complexity index is 991. The summed E-state index contributed by atoms with van der Waals surface area (Å²) in [5.41, 5.74) is 3.27. The smallest absolute Gasteiger partial charge is 0.274 e. The van der Waals surface area contributed by atoms with Crippen LogP contribution in [0.15, 0.2) is 48.5 Å². The molecule has 0 saturated heterocycles. The predicted molar refractivity (Wildman–Crippen MR) is 107 cm³/mol. The van der Waals surface area contributed by atoms with Gasteiger partial charge < -0.3 is 15.4 Å². The van der Waals surface area contributed by atoms with Crippen LogP contribution in [0.25, 0.3) is 0 Å². The standard InChI is InChI=1S/C20H19ClN4O2/c1-12-10-14(21)8-9-15(12)24-20-22-13(2)11-17(25-20)19(26)23-16-6-4-5-7-18(16)27-3/h4-11H,1-3H3,(H,23,26)(H,22,24,25). The molecule has 0 aliphatic carbocycles. The molecule has 0 aliphatic heterocycles. The average Bonchev–Trinajstić information content (AvgIpc) is 2.64. The Morgan fingerprint density at radius 1 is 1.04 bits per heavy atom. The van der Waals surface area contributed by atoms with Gasteiger partial charge in [-0.25, -0.2) is 9.97 Å². The number of para-hydroxylation sites is 2. The highest BCUT2D eigenvalue weighted by Crippen LogP contribution is 2.24. The lowest BCUT2D eigenvalue weighted by Gasteiger charge is -2.12. The van der Waals surface area contributed by atoms with Crippen LogP contribution in [0.3, 0.4) is 0 Å². The highest BCUT2D eigenvalue weighted by molar-refractivity contribution is 6.30. The number of aromatic nitrogens is 2. The van der Waals surface area contributed by atoms with E-state index in [2.05, 4.69) is 20.6 Å². The van der Waals surface area contributed by atoms with Gasteiger partial charge in [0.2, 0.25) is 5.95 Å². The first kappa shape index (κ1) is 18.7. The number of ether oxygens (including phenoxy) is 1. The van der Waals surface area contributed by atoms with E-state index >= 15 is 0 Å². The number of carbonyl (C=O) groups is 1. The van der Waals surface area contributed by atoms with Crippen LogP contribution in [-0.4, -0.2) is 23.0 Å². The van der Waals surface area contributed by atoms with E-state index in [1.54, 1.807) is 31.4 Å². The highest BCUT2D eigenvalue weighted by Gasteiger charge is 2.13. The number of methoxy groups -OCH3 is 1. The molecular formula is C20H19ClN4O2. The maximum Gasteiger partial charge on any atom is 0.274 e. The fourth-order valence-electron chi connectivity index (χ4n) is 2.56. The first-order valence-corrected chi connectivity index (χ1v) is 8.67. The maximum absolute atomic E-state index is 12.6. The number of hydrogen-bond donors (Lipinski definition) is 2. The molecule has 1 amide bonds. The second-order valence-corrected chi connectivity index (χ2v) is 6.39. The molecule has 2 N–H and O–H groups in total. The van der Waals surface area contributed by atoms with Crippen LogP contribution in [0, 0.1) is 13.8 Å². The third-order valence-corrected chi connectivity index (χ3v) is 4.11. The average molecular weight is 383 g/mol. The molecule has 2 aromatic carbocycles. The summed E-state index contributed by atoms with van der Waals surface area (Å²) in [6.45, 7) is 3.74. The number of halogens is 1. The van der Waals surface area contributed by atoms with Gasteiger partial charge in [0.25, 0.3) is 5.91 Å². The second kappa shape index (κ2) is 8.05. The summed E-state index contributed by atoms with van der Waals surface area (Å²) in [5, 5.41) is 6.60. The normalized spacial score (nSPS) is 10.4. The van der Waals surface area contributed by atoms with E-state index in [-0.39, 0.29) is 11.6 Å². The molecule has 0 radical (unpaired) electrons. The summed E-state index contributed by atoms with van der Waals surface area (Å²) < 4.78 is 5.26. The molecular weight excluding hydrogens is 364 g/mol. The van der Waals surface area contributed by atoms with Crippen molar-refractivity contribution in [2.24, 2.45) is 0 Å². The van der Waals surface area contributed by atoms with Gasteiger partial charge in [0.15, 0.2) is 0 Å². The van der Waals surface area contributed by atoms with Gasteiger partial charge in [-0.1, -0.05) is 23.7 Å². The fraction of sp³-hybridized carbons (Fsp3) is 0.150. The van der Waals surface area contributed by atoms with Crippen molar-refractivity contribution >= 4 is 34.8 Å². The summed E-state index contributed by atoms with van der Waals surface area (Å²) in [4.78, 5) is 21.3. The minimum atomic E-state index is -0.346. The van der Waals surface area contributed by atoms with Crippen LogP contribution in [0.2, 0.25) is 5.02 Å². The van der Waals surface area contributed by atoms with Crippen LogP contribution in [0.5, 0.6) is 5.75 Å². The Labute approximate surface area is 162 Å². The van der Waals surface area contributed by atoms with Crippen LogP contribution in [0.4, 0.5) is 17.3 Å². The zero-order valence-corrected chi connectivity index (χ0v) is 16.0. The van der Waals surface area contributed by atoms with E-state index in [0.717, 1.165) is 11.3 Å². The Morgan fingerprint density at radius 2 is 1.81 bits per heavy atom. The number of benzene rings is 2. The summed E-state index contributed by atoms with van der Waals surface area (Å²) in [7, 11) is 1.55. The van der Waals surface area contributed by atoms with Crippen LogP contribution in [0.1, 0.15) is 21.7 Å². The van der Waals surface area contributed by atoms with Gasteiger partial charge in [0, 0.05) is 16.4 Å². The van der Waals surface area contributed by atoms with E-state index in [4.69, 9.17) is 16.3 Å². The van der Waals surface area contributed by atoms with Crippen LogP contribution < -0.4 is 15.4 Å². The Morgan fingerprint density at radius 3 is 2.56 bits per heavy atom. The van der Waals surface area contributed by atoms with Gasteiger partial charge in [-0.15, -0.1) is 0 Å². The number of nitrogens with one attached hydrogen (secondary N) is 2. The van der Waals surface area contributed by atoms with Gasteiger partial charge in [-0.2, -0.15) is 0 Å². The summed E-state index contributed by atoms with van der Waals surface area (Å²) >= 11 is 5.99. The van der Waals surface area contributed by atoms with E-state index in [9.17, 15) is 4.79 Å². The molecule has 0 spiro atoms. The van der Waals surface area contributed by atoms with Crippen molar-refractivity contribution in [3.05, 3.63) is 70.5 Å². The van der Waals surface area contributed by atoms with Crippen LogP contribution >= 0.6 is 11.6 Å². The lowest BCUT2D eigenvalue weighted by molar-refractivity contribution is 0.102. The molecule has 1 aromatic heterocycles. The minimum Gasteiger partial charge on any atom is -0.495 e. The number of hydrogen-bond acceptors (Lipinski definition) is 5. The van der Waals surface area contributed by atoms with Gasteiger partial charge >= 0.3 is 0 Å². The van der Waals surface area contributed by atoms with Gasteiger partial charge in [-0.05, 0) is 55.8 Å². The molecule has 27 heavy (non-hydrogen) atoms. The van der Waals surface area contributed by atoms with Gasteiger partial charge in [-0.3, -0.25) is 4.79 Å². The van der Waals surface area contributed by atoms with Crippen molar-refractivity contribution in [3.8, 4) is 5.75 Å². The molecule has 0 saturated carbocycles. The highest BCUT2D eigenvalue weighted by atomic mass is 35.5. The maximum atomic E-state index is 12.6. The molecule has 0 atom stereocenters. The van der Waals surface area contributed by atoms with Crippen molar-refractivity contribution < 1.29 is 9.53 Å². The topological polar surface area (TPSA) is 76.1 Å². The predicted octanol–water partition coefficient (Wildman–Crippen LogP) is 4.75. The lowest BCUT2D eigenvalue weighted by atomic mass is 10.2. The number of rotatable bonds is 5. The molecule has 3 aromatic rings. The Kier molecular flexibility index (Phi) is 5.57. The molecule has 3 rings (SSSR count). The largest absolute Gasteiger partial charge is 0.495 e. The molecule has 7 heteroatoms. The quantitative estimate of drug-likeness (QED) is 0.665. The van der Waals surface area contributed by atoms with E-state index in [1.165, 1.54) is 0 Å². The van der Waals surface area contributed by atoms with Crippen LogP contribution in [-0.2, 0) is 0 Å². The molecule has 0 fully saturated rings. The van der Waals surface area contributed by atoms with Crippen molar-refractivity contribution in [1.29, 1.82) is 0 Å². The molecule has 138 valence electrons. The lowest BCUT2D eigenvalue weighted by Crippen LogP contribution is -2.16. The summed E-state index contributed by atoms with van der Waals surface area (Å²) in [6, 6.07) is 14.3. The fourth-order valence-corrected chi connectivity index (χ4v) is 2.79. The SMILES string of the molecule is COc1ccccc1NC(=O)c1cc(C)nc(Nc2ccc(Cl)cc2C)n1. The number of aryl methyl sites for hydroxylation is 2. The molecule has 0 bridgehead atoms. The molecule has 6 nitrogen and oxygen atoms in total. The number of nitrogens with zero attached hydrogens (tertiary/aromatic N) is 2. The third-order valence-electron chi connectivity index (χ3n) is 3.88. The van der Waals surface area contributed by atoms with Crippen molar-refractivity contribution in [1.82, 2.24) is 9.97 Å². The summed E-state index contributed by atoms with van der Waals surface area (Å²) in [6.07, 6.45) is 0. The first-order valence-electron chi connectivity index (χ1n) is 8.29. The van der Waals surface area contributed by atoms with Gasteiger partial charge in [0.05, 0.1) is 12.8 Å². The second-order valence-electron chi connectivity index (χ2n) is 5.96. The Hall–Kier alpha value is -3.12. The van der Waals surface area contributed by atoms with Crippen molar-refractivity contribution in [3.63, 3.8) is 0 Å². The zero-order valence-electron chi connectivity index (χ0n) is 15.2. The third kappa shape index (κ3) is 4.54. The van der Waals surface area contributed by atoms with E-state index in [1.807, 2.05) is 38.1 Å². The molecule has 0 unspecified atom stereocenters. The van der Waals surface area contributed by atoms with E-state index < -0.39 is 0 Å². The van der Waals surface area contributed by atoms with Crippen molar-refractivity contribution in [2.75, 3.05) is 17.7 Å². The van der Waals surface area contributed by atoms with Crippen molar-refractivity contribution in [2.45, 2.75) is 13.8 Å². The zero-order chi connectivity index (χ0) is 19.4. The molecule has 1 heterocycles. The number of carbonyl (C=O) groups excluding carboxylic acids is 1. The molecule has 0 aliphatic rings. The van der Waals surface area contributed by atoms with Gasteiger partial charge in [0.1, 0.15) is 11.4 Å².